The Kier molecular flexibility index (Phi) is 3.35. The van der Waals surface area contributed by atoms with E-state index in [2.05, 4.69) is 0 Å². The van der Waals surface area contributed by atoms with Crippen LogP contribution in [-0.2, 0) is 0 Å². The first kappa shape index (κ1) is 4.09. The molecule has 0 aromatic heterocycles. The molecule has 38 valence electrons. The molecule has 6 heavy (non-hydrogen) atoms. The smallest absolute Gasteiger partial charge is 0.0280 e. The summed E-state index contributed by atoms with van der Waals surface area (Å²) < 4.78 is 7.02. The largest absolute Gasteiger partial charge is 0.330 e. The van der Waals surface area contributed by atoms with Crippen LogP contribution in [-0.4, -0.2) is 13.1 Å². The van der Waals surface area contributed by atoms with E-state index in [0.717, 1.165) is 6.42 Å². The second-order valence-corrected chi connectivity index (χ2v) is 1.10. The fourth-order valence-corrected chi connectivity index (χ4v) is 0.236. The van der Waals surface area contributed by atoms with Gasteiger partial charge in [0.1, 0.15) is 0 Å². The summed E-state index contributed by atoms with van der Waals surface area (Å²) >= 11 is 0. The first-order valence-corrected chi connectivity index (χ1v) is 2.13. The lowest BCUT2D eigenvalue weighted by atomic mass is 10.3. The molecule has 2 nitrogen and oxygen atoms in total. The highest BCUT2D eigenvalue weighted by Crippen LogP contribution is 1.77. The predicted molar refractivity (Wildman–Crippen MR) is 27.3 cm³/mol. The summed E-state index contributed by atoms with van der Waals surface area (Å²) in [6.07, 6.45) is 0.571. The molecule has 0 unspecified atom stereocenters. The van der Waals surface area contributed by atoms with E-state index in [4.69, 9.17) is 12.8 Å². The van der Waals surface area contributed by atoms with Gasteiger partial charge in [-0.3, -0.25) is 0 Å². The second-order valence-electron chi connectivity index (χ2n) is 1.10. The van der Waals surface area contributed by atoms with E-state index in [1.165, 1.54) is 0 Å². The number of rotatable bonds is 3. The Morgan fingerprint density at radius 3 is 2.17 bits per heavy atom. The number of hydrogen-bond acceptors (Lipinski definition) is 2. The molecule has 0 aromatic carbocycles. The van der Waals surface area contributed by atoms with E-state index in [1.54, 1.807) is 0 Å². The Labute approximate surface area is 39.9 Å². The van der Waals surface area contributed by atoms with Crippen LogP contribution in [0.2, 0.25) is 0 Å². The Hall–Kier alpha value is -0.0800. The summed E-state index contributed by atoms with van der Waals surface area (Å²) in [5, 5.41) is 0. The van der Waals surface area contributed by atoms with Crippen LogP contribution in [0.1, 0.15) is 14.2 Å². The molecule has 0 aliphatic rings. The van der Waals surface area contributed by atoms with Crippen molar-refractivity contribution in [1.29, 1.82) is 0 Å². The highest BCUT2D eigenvalue weighted by molar-refractivity contribution is 4.38. The van der Waals surface area contributed by atoms with Crippen LogP contribution in [0.5, 0.6) is 0 Å². The summed E-state index contributed by atoms with van der Waals surface area (Å²) in [5.74, 6) is 0. The summed E-state index contributed by atoms with van der Waals surface area (Å²) in [5.41, 5.74) is 10.2. The molecule has 2 heteroatoms. The molecule has 0 spiro atoms. The van der Waals surface area contributed by atoms with Crippen LogP contribution in [0.4, 0.5) is 0 Å². The van der Waals surface area contributed by atoms with Gasteiger partial charge in [0, 0.05) is 1.37 Å². The van der Waals surface area contributed by atoms with Crippen molar-refractivity contribution in [2.75, 3.05) is 13.1 Å². The molecule has 0 saturated heterocycles. The molecule has 0 fully saturated rings. The topological polar surface area (TPSA) is 52.0 Å². The van der Waals surface area contributed by atoms with Crippen molar-refractivity contribution >= 4 is 0 Å². The summed E-state index contributed by atoms with van der Waals surface area (Å²) in [6.45, 7) is 1.00. The van der Waals surface area contributed by atoms with Crippen molar-refractivity contribution < 1.29 is 1.37 Å². The lowest BCUT2D eigenvalue weighted by Crippen LogP contribution is -2.03. The van der Waals surface area contributed by atoms with Crippen LogP contribution in [0.15, 0.2) is 0 Å². The van der Waals surface area contributed by atoms with Gasteiger partial charge in [-0.2, -0.15) is 0 Å². The highest BCUT2D eigenvalue weighted by atomic mass is 14.5. The molecule has 1 atom stereocenters. The zero-order chi connectivity index (χ0) is 5.70. The third kappa shape index (κ3) is 3.92. The van der Waals surface area contributed by atoms with E-state index in [0.29, 0.717) is 13.1 Å². The van der Waals surface area contributed by atoms with Crippen molar-refractivity contribution in [3.63, 3.8) is 0 Å². The molecule has 0 saturated carbocycles. The zero-order valence-electron chi connectivity index (χ0n) is 4.85. The van der Waals surface area contributed by atoms with Crippen molar-refractivity contribution in [1.82, 2.24) is 0 Å². The summed E-state index contributed by atoms with van der Waals surface area (Å²) in [4.78, 5) is 0. The second kappa shape index (κ2) is 4.92. The Morgan fingerprint density at radius 2 is 2.00 bits per heavy atom. The normalized spacial score (nSPS) is 16.7. The van der Waals surface area contributed by atoms with Crippen molar-refractivity contribution in [2.45, 2.75) is 12.8 Å². The molecule has 0 aliphatic heterocycles. The van der Waals surface area contributed by atoms with Gasteiger partial charge in [-0.05, 0) is 25.9 Å². The van der Waals surface area contributed by atoms with E-state index in [9.17, 15) is 0 Å². The van der Waals surface area contributed by atoms with Gasteiger partial charge in [0.15, 0.2) is 0 Å². The molecule has 4 N–H and O–H groups in total. The van der Waals surface area contributed by atoms with E-state index < -0.39 is 0 Å². The van der Waals surface area contributed by atoms with Crippen molar-refractivity contribution in [3.05, 3.63) is 0 Å². The third-order valence-electron chi connectivity index (χ3n) is 0.537. The predicted octanol–water partition coefficient (Wildman–Crippen LogP) is -0.316. The van der Waals surface area contributed by atoms with Gasteiger partial charge in [-0.15, -0.1) is 0 Å². The first-order valence-electron chi connectivity index (χ1n) is 2.71. The van der Waals surface area contributed by atoms with Crippen molar-refractivity contribution in [2.24, 2.45) is 11.5 Å². The lowest BCUT2D eigenvalue weighted by molar-refractivity contribution is 0.755. The Morgan fingerprint density at radius 1 is 1.33 bits per heavy atom. The molecule has 0 bridgehead atoms. The van der Waals surface area contributed by atoms with Gasteiger partial charge in [0.05, 0.1) is 0 Å². The monoisotopic (exact) mass is 89.1 g/mol. The standard InChI is InChI=1S/C4H12N2/c5-3-1-2-4-6/h1-6H2/i1D/t1-/m1/s1. The van der Waals surface area contributed by atoms with Crippen molar-refractivity contribution in [3.8, 4) is 0 Å². The van der Waals surface area contributed by atoms with Crippen LogP contribution < -0.4 is 11.5 Å². The Balaban J connectivity index is 2.83. The van der Waals surface area contributed by atoms with Crippen LogP contribution in [0.25, 0.3) is 0 Å². The maximum Gasteiger partial charge on any atom is 0.0280 e. The van der Waals surface area contributed by atoms with E-state index in [1.807, 2.05) is 0 Å². The minimum atomic E-state index is -0.148. The van der Waals surface area contributed by atoms with Gasteiger partial charge in [0.25, 0.3) is 0 Å². The van der Waals surface area contributed by atoms with Crippen LogP contribution in [0.3, 0.4) is 0 Å². The Bertz CT molecular complexity index is 40.7. The van der Waals surface area contributed by atoms with E-state index in [-0.39, 0.29) is 6.40 Å². The van der Waals surface area contributed by atoms with E-state index >= 15 is 0 Å². The minimum Gasteiger partial charge on any atom is -0.330 e. The summed E-state index contributed by atoms with van der Waals surface area (Å²) in [7, 11) is 0. The maximum absolute atomic E-state index is 7.02. The molecule has 0 rings (SSSR count). The number of nitrogens with two attached hydrogens (primary N) is 2. The summed E-state index contributed by atoms with van der Waals surface area (Å²) in [6, 6.07) is 0. The molecule has 0 heterocycles. The van der Waals surface area contributed by atoms with Crippen LogP contribution >= 0.6 is 0 Å². The van der Waals surface area contributed by atoms with Gasteiger partial charge in [0.2, 0.25) is 0 Å². The highest BCUT2D eigenvalue weighted by Gasteiger charge is 1.75. The molecule has 0 aliphatic carbocycles. The average Bonchev–Trinajstić information content (AvgIpc) is 1.68. The molecule has 0 amide bonds. The molecule has 0 aromatic rings. The first-order chi connectivity index (χ1) is 3.31. The quantitative estimate of drug-likeness (QED) is 0.498. The maximum atomic E-state index is 7.02. The van der Waals surface area contributed by atoms with Crippen LogP contribution in [0, 0.1) is 0 Å². The third-order valence-corrected chi connectivity index (χ3v) is 0.537. The number of hydrogen-bond donors (Lipinski definition) is 2. The van der Waals surface area contributed by atoms with Gasteiger partial charge < -0.3 is 11.5 Å². The van der Waals surface area contributed by atoms with Gasteiger partial charge in [-0.25, -0.2) is 0 Å². The van der Waals surface area contributed by atoms with Gasteiger partial charge >= 0.3 is 0 Å². The SMILES string of the molecule is [2H][C@@H](CN)CCN. The molecule has 0 radical (unpaired) electrons. The lowest BCUT2D eigenvalue weighted by Gasteiger charge is -1.87. The minimum absolute atomic E-state index is 0.148. The average molecular weight is 89.2 g/mol. The molecular formula is C4H12N2. The molecular weight excluding hydrogens is 76.1 g/mol. The fraction of sp³-hybridized carbons (Fsp3) is 1.00. The fourth-order valence-electron chi connectivity index (χ4n) is 0.236. The zero-order valence-corrected chi connectivity index (χ0v) is 3.85. The van der Waals surface area contributed by atoms with Gasteiger partial charge in [-0.1, -0.05) is 0 Å².